The molecule has 0 fully saturated rings. The highest BCUT2D eigenvalue weighted by atomic mass is 35.5. The molecule has 2 nitrogen and oxygen atoms in total. The lowest BCUT2D eigenvalue weighted by atomic mass is 9.99. The second kappa shape index (κ2) is 6.38. The molecule has 0 saturated carbocycles. The van der Waals surface area contributed by atoms with Gasteiger partial charge in [0.15, 0.2) is 0 Å². The first-order valence-electron chi connectivity index (χ1n) is 7.41. The van der Waals surface area contributed by atoms with Crippen LogP contribution < -0.4 is 5.32 Å². The van der Waals surface area contributed by atoms with E-state index >= 15 is 0 Å². The van der Waals surface area contributed by atoms with E-state index in [1.165, 1.54) is 6.07 Å². The van der Waals surface area contributed by atoms with Crippen molar-refractivity contribution in [2.24, 2.45) is 10.9 Å². The summed E-state index contributed by atoms with van der Waals surface area (Å²) in [5.74, 6) is -0.117. The number of benzodiazepines with no additional fused rings is 1. The normalized spacial score (nSPS) is 17.3. The molecule has 0 aromatic heterocycles. The van der Waals surface area contributed by atoms with Gasteiger partial charge in [-0.05, 0) is 36.2 Å². The maximum absolute atomic E-state index is 14.4. The molecule has 1 aliphatic heterocycles. The fourth-order valence-electron chi connectivity index (χ4n) is 2.62. The summed E-state index contributed by atoms with van der Waals surface area (Å²) in [7, 11) is 0. The van der Waals surface area contributed by atoms with E-state index in [-0.39, 0.29) is 17.8 Å². The second-order valence-electron chi connectivity index (χ2n) is 5.83. The fraction of sp³-hybridized carbons (Fsp3) is 0.222. The van der Waals surface area contributed by atoms with Crippen LogP contribution in [0, 0.1) is 11.7 Å². The predicted molar refractivity (Wildman–Crippen MR) is 98.3 cm³/mol. The van der Waals surface area contributed by atoms with E-state index in [1.54, 1.807) is 30.3 Å². The molecular formula is C18H16ClFN2S. The molecule has 3 rings (SSSR count). The molecule has 2 aromatic carbocycles. The van der Waals surface area contributed by atoms with E-state index in [0.717, 1.165) is 11.3 Å². The van der Waals surface area contributed by atoms with Gasteiger partial charge in [0.05, 0.1) is 5.71 Å². The van der Waals surface area contributed by atoms with Crippen LogP contribution in [0.3, 0.4) is 0 Å². The Morgan fingerprint density at radius 2 is 1.91 bits per heavy atom. The molecule has 0 spiro atoms. The van der Waals surface area contributed by atoms with E-state index in [9.17, 15) is 4.39 Å². The van der Waals surface area contributed by atoms with Crippen LogP contribution in [-0.2, 0) is 0 Å². The second-order valence-corrected chi connectivity index (χ2v) is 6.70. The van der Waals surface area contributed by atoms with Crippen LogP contribution in [0.25, 0.3) is 0 Å². The molecular weight excluding hydrogens is 331 g/mol. The minimum atomic E-state index is -0.312. The molecule has 118 valence electrons. The number of hydrogen-bond donors (Lipinski definition) is 1. The molecule has 1 atom stereocenters. The van der Waals surface area contributed by atoms with Crippen LogP contribution in [0.4, 0.5) is 10.1 Å². The van der Waals surface area contributed by atoms with Gasteiger partial charge in [0.2, 0.25) is 0 Å². The molecule has 0 aliphatic carbocycles. The van der Waals surface area contributed by atoms with Crippen LogP contribution in [0.1, 0.15) is 25.0 Å². The Bertz CT molecular complexity index is 801. The van der Waals surface area contributed by atoms with E-state index < -0.39 is 0 Å². The standard InChI is InChI=1S/C18H16ClFN2S/c1-10(2)16-18(23)21-15-8-7-11(19)9-13(15)17(22-16)12-5-3-4-6-14(12)20/h3-10,16H,1-2H3,(H,21,23)/t16-/m0/s1. The summed E-state index contributed by atoms with van der Waals surface area (Å²) in [5, 5.41) is 3.81. The van der Waals surface area contributed by atoms with Crippen molar-refractivity contribution < 1.29 is 4.39 Å². The van der Waals surface area contributed by atoms with Gasteiger partial charge in [-0.15, -0.1) is 0 Å². The zero-order chi connectivity index (χ0) is 16.6. The van der Waals surface area contributed by atoms with Gasteiger partial charge in [-0.2, -0.15) is 0 Å². The summed E-state index contributed by atoms with van der Waals surface area (Å²) in [6.45, 7) is 4.09. The van der Waals surface area contributed by atoms with Crippen molar-refractivity contribution in [3.63, 3.8) is 0 Å². The molecule has 1 N–H and O–H groups in total. The maximum atomic E-state index is 14.4. The Balaban J connectivity index is 2.27. The zero-order valence-corrected chi connectivity index (χ0v) is 14.4. The lowest BCUT2D eigenvalue weighted by Gasteiger charge is -2.17. The van der Waals surface area contributed by atoms with Gasteiger partial charge in [-0.25, -0.2) is 4.39 Å². The van der Waals surface area contributed by atoms with Crippen molar-refractivity contribution in [2.45, 2.75) is 19.9 Å². The lowest BCUT2D eigenvalue weighted by molar-refractivity contribution is 0.600. The number of halogens is 2. The minimum absolute atomic E-state index is 0.196. The summed E-state index contributed by atoms with van der Waals surface area (Å²) in [6, 6.07) is 11.8. The highest BCUT2D eigenvalue weighted by molar-refractivity contribution is 7.80. The number of anilines is 1. The van der Waals surface area contributed by atoms with Gasteiger partial charge in [0.25, 0.3) is 0 Å². The first-order chi connectivity index (χ1) is 11.0. The number of nitrogens with one attached hydrogen (secondary N) is 1. The van der Waals surface area contributed by atoms with E-state index in [4.69, 9.17) is 28.8 Å². The lowest BCUT2D eigenvalue weighted by Crippen LogP contribution is -2.28. The summed E-state index contributed by atoms with van der Waals surface area (Å²) in [4.78, 5) is 5.42. The SMILES string of the molecule is CC(C)[C@@H]1N=C(c2ccccc2F)c2cc(Cl)ccc2NC1=S. The van der Waals surface area contributed by atoms with Crippen LogP contribution in [-0.4, -0.2) is 16.7 Å². The number of benzene rings is 2. The Hall–Kier alpha value is -1.78. The summed E-state index contributed by atoms with van der Waals surface area (Å²) < 4.78 is 14.4. The van der Waals surface area contributed by atoms with E-state index in [0.29, 0.717) is 21.3 Å². The molecule has 0 bridgehead atoms. The smallest absolute Gasteiger partial charge is 0.132 e. The van der Waals surface area contributed by atoms with Gasteiger partial charge in [0, 0.05) is 21.8 Å². The summed E-state index contributed by atoms with van der Waals surface area (Å²) in [6.07, 6.45) is 0. The van der Waals surface area contributed by atoms with E-state index in [2.05, 4.69) is 5.32 Å². The number of aliphatic imine (C=N–C) groups is 1. The Kier molecular flexibility index (Phi) is 4.46. The third kappa shape index (κ3) is 3.14. The van der Waals surface area contributed by atoms with Crippen molar-refractivity contribution in [3.8, 4) is 0 Å². The van der Waals surface area contributed by atoms with Gasteiger partial charge in [-0.3, -0.25) is 4.99 Å². The summed E-state index contributed by atoms with van der Waals surface area (Å²) in [5.41, 5.74) is 2.58. The first kappa shape index (κ1) is 16.1. The number of rotatable bonds is 2. The third-order valence-electron chi connectivity index (χ3n) is 3.79. The molecule has 1 aliphatic rings. The quantitative estimate of drug-likeness (QED) is 0.765. The Morgan fingerprint density at radius 1 is 1.17 bits per heavy atom. The first-order valence-corrected chi connectivity index (χ1v) is 8.19. The van der Waals surface area contributed by atoms with Gasteiger partial charge < -0.3 is 5.32 Å². The van der Waals surface area contributed by atoms with Crippen LogP contribution in [0.2, 0.25) is 5.02 Å². The largest absolute Gasteiger partial charge is 0.348 e. The Morgan fingerprint density at radius 3 is 2.61 bits per heavy atom. The highest BCUT2D eigenvalue weighted by Crippen LogP contribution is 2.29. The molecule has 1 heterocycles. The number of fused-ring (bicyclic) bond motifs is 1. The van der Waals surface area contributed by atoms with E-state index in [1.807, 2.05) is 19.9 Å². The number of thiocarbonyl (C=S) groups is 1. The summed E-state index contributed by atoms with van der Waals surface area (Å²) >= 11 is 11.6. The Labute approximate surface area is 145 Å². The van der Waals surface area contributed by atoms with Crippen molar-refractivity contribution in [1.82, 2.24) is 0 Å². The molecule has 0 radical (unpaired) electrons. The van der Waals surface area contributed by atoms with Crippen LogP contribution in [0.15, 0.2) is 47.5 Å². The number of nitrogens with zero attached hydrogens (tertiary/aromatic N) is 1. The molecule has 23 heavy (non-hydrogen) atoms. The minimum Gasteiger partial charge on any atom is -0.348 e. The zero-order valence-electron chi connectivity index (χ0n) is 12.8. The van der Waals surface area contributed by atoms with Crippen molar-refractivity contribution in [3.05, 3.63) is 64.4 Å². The van der Waals surface area contributed by atoms with Crippen molar-refractivity contribution >= 4 is 40.2 Å². The van der Waals surface area contributed by atoms with Crippen LogP contribution >= 0.6 is 23.8 Å². The highest BCUT2D eigenvalue weighted by Gasteiger charge is 2.26. The van der Waals surface area contributed by atoms with Crippen LogP contribution in [0.5, 0.6) is 0 Å². The van der Waals surface area contributed by atoms with Crippen molar-refractivity contribution in [1.29, 1.82) is 0 Å². The van der Waals surface area contributed by atoms with Gasteiger partial charge in [-0.1, -0.05) is 49.8 Å². The third-order valence-corrected chi connectivity index (χ3v) is 4.37. The molecule has 5 heteroatoms. The fourth-order valence-corrected chi connectivity index (χ4v) is 3.22. The molecule has 0 amide bonds. The van der Waals surface area contributed by atoms with Crippen molar-refractivity contribution in [2.75, 3.05) is 5.32 Å². The predicted octanol–water partition coefficient (Wildman–Crippen LogP) is 5.09. The van der Waals surface area contributed by atoms with Gasteiger partial charge >= 0.3 is 0 Å². The average Bonchev–Trinajstić information content (AvgIpc) is 2.64. The monoisotopic (exact) mass is 346 g/mol. The molecule has 0 unspecified atom stereocenters. The number of hydrogen-bond acceptors (Lipinski definition) is 2. The van der Waals surface area contributed by atoms with Gasteiger partial charge in [0.1, 0.15) is 16.8 Å². The molecule has 0 saturated heterocycles. The molecule has 2 aromatic rings. The average molecular weight is 347 g/mol. The maximum Gasteiger partial charge on any atom is 0.132 e. The topological polar surface area (TPSA) is 24.4 Å².